The summed E-state index contributed by atoms with van der Waals surface area (Å²) in [6.45, 7) is 3.01. The minimum absolute atomic E-state index is 0.216. The SMILES string of the molecule is CCCCNc1ccc(C(=O)Nc2ncc(N=O)s2)c(Nc2ccccc2)c1. The second-order valence-electron chi connectivity index (χ2n) is 6.08. The molecule has 3 N–H and O–H groups in total. The Balaban J connectivity index is 1.84. The van der Waals surface area contributed by atoms with Crippen LogP contribution in [0.25, 0.3) is 0 Å². The number of nitroso groups, excluding NO2 is 1. The van der Waals surface area contributed by atoms with Gasteiger partial charge >= 0.3 is 0 Å². The van der Waals surface area contributed by atoms with Gasteiger partial charge in [-0.2, -0.15) is 0 Å². The van der Waals surface area contributed by atoms with Crippen LogP contribution < -0.4 is 16.0 Å². The molecule has 0 saturated carbocycles. The summed E-state index contributed by atoms with van der Waals surface area (Å²) in [5.74, 6) is -0.315. The third-order valence-corrected chi connectivity index (χ3v) is 4.77. The zero-order valence-corrected chi connectivity index (χ0v) is 16.3. The molecule has 8 heteroatoms. The zero-order chi connectivity index (χ0) is 19.8. The first kappa shape index (κ1) is 19.5. The van der Waals surface area contributed by atoms with E-state index in [4.69, 9.17) is 0 Å². The van der Waals surface area contributed by atoms with Crippen LogP contribution in [-0.4, -0.2) is 17.4 Å². The lowest BCUT2D eigenvalue weighted by molar-refractivity contribution is 0.102. The molecule has 2 aromatic carbocycles. The highest BCUT2D eigenvalue weighted by molar-refractivity contribution is 7.19. The monoisotopic (exact) mass is 395 g/mol. The summed E-state index contributed by atoms with van der Waals surface area (Å²) in [4.78, 5) is 27.3. The van der Waals surface area contributed by atoms with Crippen molar-refractivity contribution < 1.29 is 4.79 Å². The average Bonchev–Trinajstić information content (AvgIpc) is 3.16. The van der Waals surface area contributed by atoms with Gasteiger partial charge in [0, 0.05) is 17.9 Å². The molecule has 0 aliphatic heterocycles. The van der Waals surface area contributed by atoms with Crippen LogP contribution in [0, 0.1) is 4.91 Å². The fourth-order valence-corrected chi connectivity index (χ4v) is 3.16. The van der Waals surface area contributed by atoms with E-state index < -0.39 is 0 Å². The van der Waals surface area contributed by atoms with Crippen LogP contribution in [0.1, 0.15) is 30.1 Å². The summed E-state index contributed by atoms with van der Waals surface area (Å²) in [5, 5.41) is 12.8. The van der Waals surface area contributed by atoms with Crippen molar-refractivity contribution in [2.45, 2.75) is 19.8 Å². The van der Waals surface area contributed by atoms with Crippen LogP contribution >= 0.6 is 11.3 Å². The molecule has 0 fully saturated rings. The first-order valence-electron chi connectivity index (χ1n) is 9.00. The molecule has 144 valence electrons. The van der Waals surface area contributed by atoms with Crippen molar-refractivity contribution >= 4 is 44.4 Å². The van der Waals surface area contributed by atoms with Crippen LogP contribution in [0.15, 0.2) is 59.9 Å². The van der Waals surface area contributed by atoms with Gasteiger partial charge in [-0.05, 0) is 41.9 Å². The molecular weight excluding hydrogens is 374 g/mol. The summed E-state index contributed by atoms with van der Waals surface area (Å²) < 4.78 is 0. The van der Waals surface area contributed by atoms with Gasteiger partial charge < -0.3 is 10.6 Å². The van der Waals surface area contributed by atoms with Gasteiger partial charge in [-0.3, -0.25) is 10.1 Å². The van der Waals surface area contributed by atoms with Gasteiger partial charge in [0.1, 0.15) is 0 Å². The standard InChI is InChI=1S/C20H21N5O2S/c1-2-3-11-21-15-9-10-16(17(12-15)23-14-7-5-4-6-8-14)19(26)24-20-22-13-18(25-27)28-20/h4-10,12-13,21,23H,2-3,11H2,1H3,(H,22,24,26). The average molecular weight is 395 g/mol. The molecule has 1 heterocycles. The van der Waals surface area contributed by atoms with E-state index in [1.54, 1.807) is 6.07 Å². The molecule has 0 spiro atoms. The fourth-order valence-electron chi connectivity index (χ4n) is 2.57. The van der Waals surface area contributed by atoms with Gasteiger partial charge in [0.2, 0.25) is 0 Å². The number of rotatable bonds is 9. The van der Waals surface area contributed by atoms with Crippen molar-refractivity contribution in [3.8, 4) is 0 Å². The first-order chi connectivity index (χ1) is 13.7. The van der Waals surface area contributed by atoms with Crippen LogP contribution in [0.4, 0.5) is 27.2 Å². The molecule has 3 aromatic rings. The number of thiazole rings is 1. The predicted octanol–water partition coefficient (Wildman–Crippen LogP) is 5.75. The molecule has 0 aliphatic rings. The number of carbonyl (C=O) groups excluding carboxylic acids is 1. The number of hydrogen-bond acceptors (Lipinski definition) is 7. The lowest BCUT2D eigenvalue weighted by atomic mass is 10.1. The van der Waals surface area contributed by atoms with E-state index in [0.29, 0.717) is 16.4 Å². The van der Waals surface area contributed by atoms with E-state index in [9.17, 15) is 9.70 Å². The van der Waals surface area contributed by atoms with Crippen molar-refractivity contribution in [2.75, 3.05) is 22.5 Å². The van der Waals surface area contributed by atoms with Crippen LogP contribution in [0.5, 0.6) is 0 Å². The summed E-state index contributed by atoms with van der Waals surface area (Å²) >= 11 is 1.03. The number of hydrogen-bond donors (Lipinski definition) is 3. The van der Waals surface area contributed by atoms with Crippen LogP contribution in [0.3, 0.4) is 0 Å². The Hall–Kier alpha value is -3.26. The maximum absolute atomic E-state index is 12.8. The maximum atomic E-state index is 12.8. The van der Waals surface area contributed by atoms with E-state index in [-0.39, 0.29) is 10.9 Å². The van der Waals surface area contributed by atoms with Crippen LogP contribution in [-0.2, 0) is 0 Å². The molecule has 28 heavy (non-hydrogen) atoms. The highest BCUT2D eigenvalue weighted by Gasteiger charge is 2.15. The smallest absolute Gasteiger partial charge is 0.259 e. The molecule has 0 aliphatic carbocycles. The minimum Gasteiger partial charge on any atom is -0.385 e. The van der Waals surface area contributed by atoms with Gasteiger partial charge in [0.25, 0.3) is 5.91 Å². The van der Waals surface area contributed by atoms with Crippen molar-refractivity contribution in [1.82, 2.24) is 4.98 Å². The number of amides is 1. The Labute approximate surface area is 167 Å². The number of aromatic nitrogens is 1. The largest absolute Gasteiger partial charge is 0.385 e. The van der Waals surface area contributed by atoms with Gasteiger partial charge in [0.15, 0.2) is 10.1 Å². The Bertz CT molecular complexity index is 943. The zero-order valence-electron chi connectivity index (χ0n) is 15.4. The van der Waals surface area contributed by atoms with Gasteiger partial charge in [-0.1, -0.05) is 42.9 Å². The molecule has 1 aromatic heterocycles. The molecule has 0 radical (unpaired) electrons. The van der Waals surface area contributed by atoms with Gasteiger partial charge in [-0.25, -0.2) is 4.98 Å². The Morgan fingerprint density at radius 2 is 1.96 bits per heavy atom. The fraction of sp³-hybridized carbons (Fsp3) is 0.200. The number of unbranched alkanes of at least 4 members (excludes halogenated alkanes) is 1. The van der Waals surface area contributed by atoms with Gasteiger partial charge in [-0.15, -0.1) is 4.91 Å². The van der Waals surface area contributed by atoms with E-state index in [2.05, 4.69) is 33.0 Å². The Kier molecular flexibility index (Phi) is 6.69. The molecule has 1 amide bonds. The molecule has 0 saturated heterocycles. The summed E-state index contributed by atoms with van der Waals surface area (Å²) in [7, 11) is 0. The van der Waals surface area contributed by atoms with E-state index in [0.717, 1.165) is 42.1 Å². The number of nitrogens with one attached hydrogen (secondary N) is 3. The number of benzene rings is 2. The molecule has 7 nitrogen and oxygen atoms in total. The van der Waals surface area contributed by atoms with E-state index >= 15 is 0 Å². The second-order valence-corrected chi connectivity index (χ2v) is 7.09. The number of nitrogens with zero attached hydrogens (tertiary/aromatic N) is 2. The number of para-hydroxylation sites is 1. The van der Waals surface area contributed by atoms with Crippen LogP contribution in [0.2, 0.25) is 0 Å². The van der Waals surface area contributed by atoms with Crippen molar-refractivity contribution in [3.63, 3.8) is 0 Å². The lowest BCUT2D eigenvalue weighted by Gasteiger charge is -2.14. The highest BCUT2D eigenvalue weighted by atomic mass is 32.1. The minimum atomic E-state index is -0.315. The Morgan fingerprint density at radius 1 is 1.14 bits per heavy atom. The normalized spacial score (nSPS) is 10.3. The third-order valence-electron chi connectivity index (χ3n) is 3.98. The van der Waals surface area contributed by atoms with Crippen molar-refractivity contribution in [3.05, 3.63) is 65.2 Å². The molecule has 0 atom stereocenters. The number of carbonyl (C=O) groups is 1. The molecular formula is C20H21N5O2S. The predicted molar refractivity (Wildman–Crippen MR) is 115 cm³/mol. The molecule has 3 rings (SSSR count). The third kappa shape index (κ3) is 5.14. The first-order valence-corrected chi connectivity index (χ1v) is 9.81. The molecule has 0 unspecified atom stereocenters. The number of anilines is 4. The summed E-state index contributed by atoms with van der Waals surface area (Å²) in [6, 6.07) is 15.2. The quantitative estimate of drug-likeness (QED) is 0.317. The Morgan fingerprint density at radius 3 is 2.68 bits per heavy atom. The highest BCUT2D eigenvalue weighted by Crippen LogP contribution is 2.29. The lowest BCUT2D eigenvalue weighted by Crippen LogP contribution is -2.14. The van der Waals surface area contributed by atoms with Crippen molar-refractivity contribution in [1.29, 1.82) is 0 Å². The maximum Gasteiger partial charge on any atom is 0.259 e. The second kappa shape index (κ2) is 9.61. The van der Waals surface area contributed by atoms with Crippen molar-refractivity contribution in [2.24, 2.45) is 5.18 Å². The van der Waals surface area contributed by atoms with E-state index in [1.165, 1.54) is 6.20 Å². The van der Waals surface area contributed by atoms with E-state index in [1.807, 2.05) is 42.5 Å². The molecule has 0 bridgehead atoms. The van der Waals surface area contributed by atoms with Gasteiger partial charge in [0.05, 0.1) is 17.4 Å². The summed E-state index contributed by atoms with van der Waals surface area (Å²) in [5.41, 5.74) is 2.96. The summed E-state index contributed by atoms with van der Waals surface area (Å²) in [6.07, 6.45) is 3.51. The topological polar surface area (TPSA) is 95.5 Å².